The van der Waals surface area contributed by atoms with Gasteiger partial charge in [0.15, 0.2) is 0 Å². The van der Waals surface area contributed by atoms with Crippen molar-refractivity contribution >= 4 is 27.5 Å². The Hall–Kier alpha value is -2.69. The molecule has 1 N–H and O–H groups in total. The van der Waals surface area contributed by atoms with Crippen molar-refractivity contribution in [2.75, 3.05) is 5.32 Å². The molecule has 0 fully saturated rings. The van der Waals surface area contributed by atoms with Gasteiger partial charge in [-0.2, -0.15) is 0 Å². The van der Waals surface area contributed by atoms with Crippen LogP contribution < -0.4 is 5.32 Å². The van der Waals surface area contributed by atoms with E-state index in [0.717, 1.165) is 24.3 Å². The summed E-state index contributed by atoms with van der Waals surface area (Å²) in [5, 5.41) is 12.7. The number of nitro benzene ring substituents is 1. The van der Waals surface area contributed by atoms with Gasteiger partial charge in [0.2, 0.25) is 0 Å². The topological polar surface area (TPSA) is 72.2 Å². The largest absolute Gasteiger partial charge is 0.322 e. The molecule has 2 rings (SSSR count). The van der Waals surface area contributed by atoms with Crippen LogP contribution in [-0.4, -0.2) is 10.8 Å². The molecule has 0 radical (unpaired) electrons. The third kappa shape index (κ3) is 4.19. The highest BCUT2D eigenvalue weighted by atomic mass is 32.5. The van der Waals surface area contributed by atoms with Crippen LogP contribution in [0.5, 0.6) is 0 Å². The zero-order valence-electron chi connectivity index (χ0n) is 11.6. The highest BCUT2D eigenvalue weighted by Crippen LogP contribution is 3.02. The van der Waals surface area contributed by atoms with E-state index in [1.165, 1.54) is 0 Å². The van der Waals surface area contributed by atoms with Crippen LogP contribution in [0.25, 0.3) is 0 Å². The van der Waals surface area contributed by atoms with Gasteiger partial charge in [0.1, 0.15) is 4.90 Å². The van der Waals surface area contributed by atoms with Gasteiger partial charge < -0.3 is 5.32 Å². The second-order valence-corrected chi connectivity index (χ2v) is 7.16. The highest BCUT2D eigenvalue weighted by Gasteiger charge is 2.65. The molecule has 0 saturated heterocycles. The summed E-state index contributed by atoms with van der Waals surface area (Å²) in [5.41, 5.74) is -0.367. The number of halogens is 5. The SMILES string of the molecule is O=C(Nc1ccc(S(F)(F)(F)(F)F)cc1)c1ccc([N+](=O)[O-])cc1. The van der Waals surface area contributed by atoms with E-state index in [9.17, 15) is 34.3 Å². The summed E-state index contributed by atoms with van der Waals surface area (Å²) in [7, 11) is -9.76. The van der Waals surface area contributed by atoms with Gasteiger partial charge in [-0.15, -0.1) is 0 Å². The van der Waals surface area contributed by atoms with Crippen LogP contribution in [-0.2, 0) is 0 Å². The van der Waals surface area contributed by atoms with Gasteiger partial charge in [-0.1, -0.05) is 19.4 Å². The van der Waals surface area contributed by atoms with Crippen LogP contribution in [0.2, 0.25) is 0 Å². The summed E-state index contributed by atoms with van der Waals surface area (Å²) in [4.78, 5) is 19.6. The zero-order valence-corrected chi connectivity index (χ0v) is 12.4. The second-order valence-electron chi connectivity index (χ2n) is 4.75. The lowest BCUT2D eigenvalue weighted by Crippen LogP contribution is -2.12. The number of anilines is 1. The fourth-order valence-electron chi connectivity index (χ4n) is 1.73. The van der Waals surface area contributed by atoms with E-state index in [4.69, 9.17) is 0 Å². The summed E-state index contributed by atoms with van der Waals surface area (Å²) in [6.07, 6.45) is 0. The molecule has 0 saturated carbocycles. The third-order valence-electron chi connectivity index (χ3n) is 2.90. The summed E-state index contributed by atoms with van der Waals surface area (Å²) >= 11 is 0. The van der Waals surface area contributed by atoms with Crippen LogP contribution >= 0.6 is 10.2 Å². The fourth-order valence-corrected chi connectivity index (χ4v) is 2.38. The number of nitrogens with zero attached hydrogens (tertiary/aromatic N) is 1. The molecule has 11 heteroatoms. The molecule has 0 spiro atoms. The molecule has 0 aromatic heterocycles. The van der Waals surface area contributed by atoms with Crippen LogP contribution in [0, 0.1) is 10.1 Å². The molecule has 0 atom stereocenters. The predicted octanol–water partition coefficient (Wildman–Crippen LogP) is 5.50. The van der Waals surface area contributed by atoms with E-state index in [2.05, 4.69) is 5.32 Å². The molecule has 0 aliphatic carbocycles. The molecule has 24 heavy (non-hydrogen) atoms. The standard InChI is InChI=1S/C13H9F5N2O3S/c14-24(15,16,17,18)12-7-3-10(4-8-12)19-13(21)9-1-5-11(6-2-9)20(22)23/h1-8H,(H,19,21). The van der Waals surface area contributed by atoms with E-state index in [1.807, 2.05) is 0 Å². The molecular weight excluding hydrogens is 359 g/mol. The molecule has 2 aromatic rings. The molecular formula is C13H9F5N2O3S. The summed E-state index contributed by atoms with van der Waals surface area (Å²) in [6, 6.07) is 6.18. The number of hydrogen-bond donors (Lipinski definition) is 1. The maximum absolute atomic E-state index is 12.6. The minimum Gasteiger partial charge on any atom is -0.322 e. The van der Waals surface area contributed by atoms with E-state index in [0.29, 0.717) is 12.1 Å². The number of nitrogens with one attached hydrogen (secondary N) is 1. The van der Waals surface area contributed by atoms with Crippen LogP contribution in [0.1, 0.15) is 10.4 Å². The van der Waals surface area contributed by atoms with E-state index >= 15 is 0 Å². The molecule has 0 unspecified atom stereocenters. The molecule has 0 aliphatic rings. The Morgan fingerprint density at radius 1 is 0.917 bits per heavy atom. The minimum atomic E-state index is -9.76. The number of carbonyl (C=O) groups excluding carboxylic acids is 1. The first kappa shape index (κ1) is 17.7. The van der Waals surface area contributed by atoms with Crippen molar-refractivity contribution in [3.8, 4) is 0 Å². The summed E-state index contributed by atoms with van der Waals surface area (Å²) in [5.74, 6) is -0.759. The maximum Gasteiger partial charge on any atom is 0.310 e. The van der Waals surface area contributed by atoms with Crippen molar-refractivity contribution in [2.24, 2.45) is 0 Å². The zero-order chi connectivity index (χ0) is 18.2. The van der Waals surface area contributed by atoms with Gasteiger partial charge in [0.05, 0.1) is 4.92 Å². The number of nitro groups is 1. The van der Waals surface area contributed by atoms with Gasteiger partial charge in [-0.25, -0.2) is 0 Å². The van der Waals surface area contributed by atoms with E-state index < -0.39 is 26.0 Å². The van der Waals surface area contributed by atoms with Crippen molar-refractivity contribution in [2.45, 2.75) is 4.90 Å². The minimum absolute atomic E-state index is 0.0115. The number of rotatable bonds is 4. The smallest absolute Gasteiger partial charge is 0.310 e. The monoisotopic (exact) mass is 368 g/mol. The molecule has 2 aromatic carbocycles. The number of amides is 1. The van der Waals surface area contributed by atoms with Crippen molar-refractivity contribution in [3.05, 3.63) is 64.2 Å². The maximum atomic E-state index is 12.6. The number of benzene rings is 2. The van der Waals surface area contributed by atoms with Gasteiger partial charge in [0, 0.05) is 23.4 Å². The summed E-state index contributed by atoms with van der Waals surface area (Å²) in [6.45, 7) is 0. The van der Waals surface area contributed by atoms with Gasteiger partial charge in [-0.3, -0.25) is 14.9 Å². The molecule has 0 heterocycles. The van der Waals surface area contributed by atoms with E-state index in [1.54, 1.807) is 0 Å². The Bertz CT molecular complexity index is 805. The van der Waals surface area contributed by atoms with Crippen molar-refractivity contribution in [1.82, 2.24) is 0 Å². The Morgan fingerprint density at radius 2 is 1.42 bits per heavy atom. The lowest BCUT2D eigenvalue weighted by Gasteiger charge is -2.40. The van der Waals surface area contributed by atoms with Crippen LogP contribution in [0.3, 0.4) is 0 Å². The van der Waals surface area contributed by atoms with Crippen molar-refractivity contribution < 1.29 is 29.1 Å². The molecule has 5 nitrogen and oxygen atoms in total. The summed E-state index contributed by atoms with van der Waals surface area (Å²) < 4.78 is 62.8. The highest BCUT2D eigenvalue weighted by molar-refractivity contribution is 8.45. The molecule has 0 aliphatic heterocycles. The number of non-ortho nitro benzene ring substituents is 1. The first-order chi connectivity index (χ1) is 10.8. The third-order valence-corrected chi connectivity index (χ3v) is 4.06. The number of hydrogen-bond acceptors (Lipinski definition) is 3. The first-order valence-corrected chi connectivity index (χ1v) is 8.11. The van der Waals surface area contributed by atoms with Gasteiger partial charge >= 0.3 is 10.2 Å². The normalized spacial score (nSPS) is 14.4. The predicted molar refractivity (Wildman–Crippen MR) is 78.9 cm³/mol. The van der Waals surface area contributed by atoms with Gasteiger partial charge in [-0.05, 0) is 36.4 Å². The van der Waals surface area contributed by atoms with E-state index in [-0.39, 0.29) is 29.1 Å². The molecule has 130 valence electrons. The Balaban J connectivity index is 2.17. The number of carbonyl (C=O) groups is 1. The average Bonchev–Trinajstić information content (AvgIpc) is 2.45. The lowest BCUT2D eigenvalue weighted by atomic mass is 10.2. The van der Waals surface area contributed by atoms with Crippen molar-refractivity contribution in [3.63, 3.8) is 0 Å². The molecule has 1 amide bonds. The Labute approximate surface area is 132 Å². The van der Waals surface area contributed by atoms with Gasteiger partial charge in [0.25, 0.3) is 11.6 Å². The second kappa shape index (κ2) is 4.90. The lowest BCUT2D eigenvalue weighted by molar-refractivity contribution is -0.384. The Morgan fingerprint density at radius 3 is 1.83 bits per heavy atom. The van der Waals surface area contributed by atoms with Crippen molar-refractivity contribution in [1.29, 1.82) is 0 Å². The Kier molecular flexibility index (Phi) is 3.61. The van der Waals surface area contributed by atoms with Crippen LogP contribution in [0.15, 0.2) is 53.4 Å². The quantitative estimate of drug-likeness (QED) is 0.440. The average molecular weight is 368 g/mol. The van der Waals surface area contributed by atoms with Crippen LogP contribution in [0.4, 0.5) is 30.8 Å². The molecule has 0 bridgehead atoms. The first-order valence-electron chi connectivity index (χ1n) is 6.16. The fraction of sp³-hybridized carbons (Fsp3) is 0.